The molecular formula is C38H36F2N2O7. The number of amides is 2. The highest BCUT2D eigenvalue weighted by Crippen LogP contribution is 2.46. The van der Waals surface area contributed by atoms with E-state index in [4.69, 9.17) is 9.47 Å². The van der Waals surface area contributed by atoms with E-state index >= 15 is 0 Å². The zero-order valence-electron chi connectivity index (χ0n) is 26.6. The Labute approximate surface area is 282 Å². The van der Waals surface area contributed by atoms with Gasteiger partial charge in [-0.15, -0.1) is 0 Å². The number of hydrogen-bond acceptors (Lipinski definition) is 6. The molecule has 254 valence electrons. The second-order valence-corrected chi connectivity index (χ2v) is 12.5. The minimum Gasteiger partial charge on any atom is -0.478 e. The lowest BCUT2D eigenvalue weighted by Gasteiger charge is -2.48. The average Bonchev–Trinajstić information content (AvgIpc) is 3.08. The number of aromatic carboxylic acids is 1. The van der Waals surface area contributed by atoms with E-state index in [1.807, 2.05) is 24.3 Å². The van der Waals surface area contributed by atoms with Gasteiger partial charge < -0.3 is 29.9 Å². The van der Waals surface area contributed by atoms with Gasteiger partial charge in [-0.2, -0.15) is 0 Å². The lowest BCUT2D eigenvalue weighted by Crippen LogP contribution is -2.55. The third-order valence-electron chi connectivity index (χ3n) is 9.15. The fourth-order valence-electron chi connectivity index (χ4n) is 6.32. The van der Waals surface area contributed by atoms with Crippen LogP contribution in [0, 0.1) is 17.6 Å². The summed E-state index contributed by atoms with van der Waals surface area (Å²) in [4.78, 5) is 38.8. The van der Waals surface area contributed by atoms with Gasteiger partial charge in [0, 0.05) is 11.4 Å². The highest BCUT2D eigenvalue weighted by atomic mass is 19.1. The Morgan fingerprint density at radius 2 is 1.63 bits per heavy atom. The predicted octanol–water partition coefficient (Wildman–Crippen LogP) is 6.24. The molecular weight excluding hydrogens is 634 g/mol. The second kappa shape index (κ2) is 14.7. The first-order chi connectivity index (χ1) is 23.6. The third kappa shape index (κ3) is 7.86. The molecule has 0 radical (unpaired) electrons. The number of nitrogens with zero attached hydrogens (tertiary/aromatic N) is 1. The second-order valence-electron chi connectivity index (χ2n) is 12.5. The number of anilines is 2. The lowest BCUT2D eigenvalue weighted by atomic mass is 9.78. The molecule has 2 aliphatic heterocycles. The Kier molecular flexibility index (Phi) is 10.1. The molecule has 0 saturated carbocycles. The van der Waals surface area contributed by atoms with Crippen LogP contribution in [0.2, 0.25) is 0 Å². The van der Waals surface area contributed by atoms with Crippen molar-refractivity contribution in [2.75, 3.05) is 30.0 Å². The van der Waals surface area contributed by atoms with E-state index in [9.17, 15) is 33.4 Å². The van der Waals surface area contributed by atoms with Crippen molar-refractivity contribution in [3.63, 3.8) is 0 Å². The van der Waals surface area contributed by atoms with Gasteiger partial charge in [0.2, 0.25) is 11.8 Å². The molecule has 3 unspecified atom stereocenters. The Morgan fingerprint density at radius 1 is 0.959 bits per heavy atom. The lowest BCUT2D eigenvalue weighted by molar-refractivity contribution is -0.211. The number of halogens is 2. The van der Waals surface area contributed by atoms with Gasteiger partial charge in [-0.3, -0.25) is 9.59 Å². The molecule has 2 aliphatic rings. The van der Waals surface area contributed by atoms with Crippen LogP contribution in [0.25, 0.3) is 0 Å². The first kappa shape index (κ1) is 33.9. The van der Waals surface area contributed by atoms with Crippen LogP contribution in [0.4, 0.5) is 20.2 Å². The maximum Gasteiger partial charge on any atom is 0.335 e. The van der Waals surface area contributed by atoms with Crippen LogP contribution in [0.3, 0.4) is 0 Å². The van der Waals surface area contributed by atoms with Crippen LogP contribution < -0.4 is 10.2 Å². The number of carboxylic acids is 1. The van der Waals surface area contributed by atoms with E-state index < -0.39 is 41.1 Å². The van der Waals surface area contributed by atoms with Crippen molar-refractivity contribution in [3.05, 3.63) is 131 Å². The van der Waals surface area contributed by atoms with E-state index in [-0.39, 0.29) is 24.1 Å². The summed E-state index contributed by atoms with van der Waals surface area (Å²) in [7, 11) is 0. The predicted molar refractivity (Wildman–Crippen MR) is 177 cm³/mol. The number of aryl methyl sites for hydroxylation is 1. The molecule has 9 nitrogen and oxygen atoms in total. The monoisotopic (exact) mass is 670 g/mol. The number of benzene rings is 4. The van der Waals surface area contributed by atoms with Crippen LogP contribution in [-0.2, 0) is 25.5 Å². The van der Waals surface area contributed by atoms with Gasteiger partial charge in [0.25, 0.3) is 0 Å². The van der Waals surface area contributed by atoms with E-state index in [1.165, 1.54) is 48.5 Å². The number of aliphatic hydroxyl groups excluding tert-OH is 1. The zero-order chi connectivity index (χ0) is 34.5. The molecule has 3 atom stereocenters. The fourth-order valence-corrected chi connectivity index (χ4v) is 6.32. The van der Waals surface area contributed by atoms with Gasteiger partial charge in [-0.1, -0.05) is 42.5 Å². The molecule has 0 aromatic heterocycles. The number of hydrogen-bond donors (Lipinski definition) is 3. The van der Waals surface area contributed by atoms with Crippen molar-refractivity contribution >= 4 is 29.2 Å². The molecule has 0 aliphatic carbocycles. The topological polar surface area (TPSA) is 125 Å². The Balaban J connectivity index is 1.08. The molecule has 2 fully saturated rings. The molecule has 2 saturated heterocycles. The number of aliphatic hydroxyl groups is 1. The summed E-state index contributed by atoms with van der Waals surface area (Å²) in [6.45, 7) is 0.468. The van der Waals surface area contributed by atoms with Gasteiger partial charge >= 0.3 is 5.97 Å². The van der Waals surface area contributed by atoms with E-state index in [0.29, 0.717) is 55.8 Å². The van der Waals surface area contributed by atoms with Gasteiger partial charge in [0.1, 0.15) is 23.8 Å². The van der Waals surface area contributed by atoms with Crippen molar-refractivity contribution in [3.8, 4) is 0 Å². The van der Waals surface area contributed by atoms with E-state index in [0.717, 1.165) is 11.1 Å². The molecule has 11 heteroatoms. The Morgan fingerprint density at radius 3 is 2.27 bits per heavy atom. The molecule has 0 spiro atoms. The summed E-state index contributed by atoms with van der Waals surface area (Å²) in [5, 5.41) is 22.6. The summed E-state index contributed by atoms with van der Waals surface area (Å²) in [6, 6.07) is 25.0. The highest BCUT2D eigenvalue weighted by Gasteiger charge is 2.48. The van der Waals surface area contributed by atoms with Gasteiger partial charge in [-0.05, 0) is 97.0 Å². The maximum atomic E-state index is 13.7. The normalized spacial score (nSPS) is 18.7. The van der Waals surface area contributed by atoms with Crippen LogP contribution >= 0.6 is 0 Å². The summed E-state index contributed by atoms with van der Waals surface area (Å²) >= 11 is 0. The van der Waals surface area contributed by atoms with Crippen molar-refractivity contribution in [2.45, 2.75) is 43.4 Å². The Hall–Kier alpha value is -4.97. The van der Waals surface area contributed by atoms with Crippen LogP contribution in [0.5, 0.6) is 0 Å². The van der Waals surface area contributed by atoms with Crippen molar-refractivity contribution in [2.24, 2.45) is 5.92 Å². The number of β-lactam (4-membered cyclic amide) rings is 1. The molecule has 3 N–H and O–H groups in total. The van der Waals surface area contributed by atoms with Gasteiger partial charge in [-0.25, -0.2) is 13.6 Å². The smallest absolute Gasteiger partial charge is 0.335 e. The number of carboxylic acid groups (broad SMARTS) is 1. The van der Waals surface area contributed by atoms with E-state index in [1.54, 1.807) is 29.2 Å². The summed E-state index contributed by atoms with van der Waals surface area (Å²) in [5.41, 5.74) is 2.88. The SMILES string of the molecule is O=C(COC1(CCc2ccc(C3C(CCC(O)c4ccc(F)cc4)C(=O)N3c3ccc(F)cc3)cc2)COC1)Nc1cccc(C(=O)O)c1. The van der Waals surface area contributed by atoms with E-state index in [2.05, 4.69) is 5.32 Å². The molecule has 49 heavy (non-hydrogen) atoms. The van der Waals surface area contributed by atoms with Crippen LogP contribution in [0.1, 0.15) is 58.5 Å². The standard InChI is InChI=1S/C38H36F2N2O7/c39-28-10-8-25(9-11-28)33(43)17-16-32-35(42(36(32)45)31-14-12-29(40)13-15-31)26-6-4-24(5-7-26)18-19-38(22-48-23-38)49-21-34(44)41-30-3-1-2-27(20-30)37(46)47/h1-15,20,32-33,35,43H,16-19,21-23H2,(H,41,44)(H,46,47). The minimum atomic E-state index is -1.09. The molecule has 4 aromatic rings. The summed E-state index contributed by atoms with van der Waals surface area (Å²) in [6.07, 6.45) is 1.10. The van der Waals surface area contributed by atoms with Gasteiger partial charge in [0.15, 0.2) is 0 Å². The van der Waals surface area contributed by atoms with Crippen LogP contribution in [-0.4, -0.2) is 53.4 Å². The summed E-state index contributed by atoms with van der Waals surface area (Å²) < 4.78 is 38.5. The first-order valence-corrected chi connectivity index (χ1v) is 16.1. The number of carbonyl (C=O) groups excluding carboxylic acids is 2. The zero-order valence-corrected chi connectivity index (χ0v) is 26.6. The third-order valence-corrected chi connectivity index (χ3v) is 9.15. The number of nitrogens with one attached hydrogen (secondary N) is 1. The van der Waals surface area contributed by atoms with Crippen LogP contribution in [0.15, 0.2) is 97.1 Å². The Bertz CT molecular complexity index is 1790. The van der Waals surface area contributed by atoms with Crippen molar-refractivity contribution in [1.29, 1.82) is 0 Å². The number of ether oxygens (including phenoxy) is 2. The number of carbonyl (C=O) groups is 3. The molecule has 2 heterocycles. The molecule has 6 rings (SSSR count). The average molecular weight is 671 g/mol. The van der Waals surface area contributed by atoms with Crippen molar-refractivity contribution < 1.29 is 42.9 Å². The fraction of sp³-hybridized carbons (Fsp3) is 0.289. The first-order valence-electron chi connectivity index (χ1n) is 16.1. The maximum absolute atomic E-state index is 13.7. The largest absolute Gasteiger partial charge is 0.478 e. The highest BCUT2D eigenvalue weighted by molar-refractivity contribution is 6.03. The minimum absolute atomic E-state index is 0.0665. The summed E-state index contributed by atoms with van der Waals surface area (Å²) in [5.74, 6) is -2.81. The molecule has 0 bridgehead atoms. The molecule has 2 amide bonds. The molecule has 4 aromatic carbocycles. The quantitative estimate of drug-likeness (QED) is 0.136. The van der Waals surface area contributed by atoms with Gasteiger partial charge in [0.05, 0.1) is 36.8 Å². The van der Waals surface area contributed by atoms with Crippen molar-refractivity contribution in [1.82, 2.24) is 0 Å². The number of rotatable bonds is 14.